The summed E-state index contributed by atoms with van der Waals surface area (Å²) in [5.41, 5.74) is 1.88. The fraction of sp³-hybridized carbons (Fsp3) is 0. The Morgan fingerprint density at radius 1 is 1.25 bits per heavy atom. The Balaban J connectivity index is 2.71. The maximum atomic E-state index is 8.72. The molecule has 2 aromatic rings. The molecule has 0 fully saturated rings. The van der Waals surface area contributed by atoms with Crippen LogP contribution in [0.1, 0.15) is 5.56 Å². The van der Waals surface area contributed by atoms with Crippen LogP contribution in [0.25, 0.3) is 17.0 Å². The normalized spacial score (nSPS) is 9.44. The van der Waals surface area contributed by atoms with E-state index in [0.29, 0.717) is 0 Å². The highest BCUT2D eigenvalue weighted by Gasteiger charge is 2.07. The zero-order chi connectivity index (χ0) is 11.5. The van der Waals surface area contributed by atoms with Crippen LogP contribution < -0.4 is 0 Å². The second-order valence-electron chi connectivity index (χ2n) is 3.18. The van der Waals surface area contributed by atoms with E-state index in [0.717, 1.165) is 21.1 Å². The van der Waals surface area contributed by atoms with Gasteiger partial charge in [-0.05, 0) is 28.1 Å². The number of aromatic nitrogens is 1. The van der Waals surface area contributed by atoms with Crippen molar-refractivity contribution >= 4 is 32.9 Å². The molecule has 0 aliphatic carbocycles. The Labute approximate surface area is 101 Å². The first-order chi connectivity index (χ1) is 7.76. The lowest BCUT2D eigenvalue weighted by molar-refractivity contribution is 1.40. The number of hydrogen-bond donors (Lipinski definition) is 1. The van der Waals surface area contributed by atoms with E-state index in [-0.39, 0.29) is 5.57 Å². The smallest absolute Gasteiger partial charge is 0.130 e. The van der Waals surface area contributed by atoms with Gasteiger partial charge < -0.3 is 4.98 Å². The summed E-state index contributed by atoms with van der Waals surface area (Å²) >= 11 is 3.38. The second-order valence-corrected chi connectivity index (χ2v) is 3.97. The van der Waals surface area contributed by atoms with Crippen molar-refractivity contribution in [3.8, 4) is 12.1 Å². The summed E-state index contributed by atoms with van der Waals surface area (Å²) in [6.07, 6.45) is 1.57. The van der Waals surface area contributed by atoms with Crippen molar-refractivity contribution in [2.45, 2.75) is 0 Å². The molecule has 0 aliphatic rings. The fourth-order valence-corrected chi connectivity index (χ4v) is 2.05. The Morgan fingerprint density at radius 2 is 1.94 bits per heavy atom. The molecule has 0 atom stereocenters. The predicted molar refractivity (Wildman–Crippen MR) is 65.2 cm³/mol. The van der Waals surface area contributed by atoms with Crippen molar-refractivity contribution in [1.82, 2.24) is 4.98 Å². The molecule has 0 bridgehead atoms. The number of para-hydroxylation sites is 1. The second kappa shape index (κ2) is 4.22. The third-order valence-corrected chi connectivity index (χ3v) is 2.85. The Morgan fingerprint density at radius 3 is 2.62 bits per heavy atom. The number of nitriles is 2. The lowest BCUT2D eigenvalue weighted by Gasteiger charge is -1.91. The maximum Gasteiger partial charge on any atom is 0.130 e. The van der Waals surface area contributed by atoms with E-state index in [2.05, 4.69) is 20.9 Å². The minimum Gasteiger partial charge on any atom is -0.349 e. The number of aromatic amines is 1. The summed E-state index contributed by atoms with van der Waals surface area (Å²) in [7, 11) is 0. The molecule has 1 heterocycles. The first-order valence-corrected chi connectivity index (χ1v) is 5.33. The van der Waals surface area contributed by atoms with Crippen LogP contribution >= 0.6 is 15.9 Å². The molecule has 1 N–H and O–H groups in total. The van der Waals surface area contributed by atoms with Gasteiger partial charge in [0.1, 0.15) is 17.7 Å². The van der Waals surface area contributed by atoms with Gasteiger partial charge >= 0.3 is 0 Å². The largest absolute Gasteiger partial charge is 0.349 e. The molecular weight excluding hydrogens is 266 g/mol. The van der Waals surface area contributed by atoms with Gasteiger partial charge in [-0.25, -0.2) is 0 Å². The summed E-state index contributed by atoms with van der Waals surface area (Å²) in [6, 6.07) is 11.4. The van der Waals surface area contributed by atoms with Crippen molar-refractivity contribution in [3.05, 3.63) is 40.0 Å². The molecule has 0 unspecified atom stereocenters. The van der Waals surface area contributed by atoms with E-state index in [9.17, 15) is 0 Å². The first kappa shape index (κ1) is 10.5. The van der Waals surface area contributed by atoms with Gasteiger partial charge in [-0.2, -0.15) is 10.5 Å². The first-order valence-electron chi connectivity index (χ1n) is 4.54. The minimum absolute atomic E-state index is 0.0884. The highest BCUT2D eigenvalue weighted by molar-refractivity contribution is 9.10. The number of H-pyrrole nitrogens is 1. The molecule has 3 nitrogen and oxygen atoms in total. The van der Waals surface area contributed by atoms with Crippen LogP contribution in [0.2, 0.25) is 0 Å². The van der Waals surface area contributed by atoms with Crippen LogP contribution in [0.15, 0.2) is 34.4 Å². The summed E-state index contributed by atoms with van der Waals surface area (Å²) in [5.74, 6) is 0. The lowest BCUT2D eigenvalue weighted by atomic mass is 10.1. The number of allylic oxidation sites excluding steroid dienone is 1. The van der Waals surface area contributed by atoms with Crippen LogP contribution in [0.3, 0.4) is 0 Å². The number of rotatable bonds is 1. The highest BCUT2D eigenvalue weighted by atomic mass is 79.9. The zero-order valence-corrected chi connectivity index (χ0v) is 9.75. The van der Waals surface area contributed by atoms with Gasteiger partial charge in [0.05, 0.1) is 4.60 Å². The van der Waals surface area contributed by atoms with Crippen molar-refractivity contribution in [1.29, 1.82) is 10.5 Å². The van der Waals surface area contributed by atoms with Gasteiger partial charge in [0.15, 0.2) is 0 Å². The topological polar surface area (TPSA) is 63.4 Å². The Hall–Kier alpha value is -2.04. The number of nitrogens with one attached hydrogen (secondary N) is 1. The third-order valence-electron chi connectivity index (χ3n) is 2.23. The van der Waals surface area contributed by atoms with Crippen molar-refractivity contribution in [3.63, 3.8) is 0 Å². The van der Waals surface area contributed by atoms with Crippen LogP contribution in [-0.2, 0) is 0 Å². The van der Waals surface area contributed by atoms with Gasteiger partial charge in [0.2, 0.25) is 0 Å². The molecule has 0 radical (unpaired) electrons. The van der Waals surface area contributed by atoms with Gasteiger partial charge in [-0.3, -0.25) is 0 Å². The van der Waals surface area contributed by atoms with Crippen molar-refractivity contribution < 1.29 is 0 Å². The van der Waals surface area contributed by atoms with Crippen molar-refractivity contribution in [2.75, 3.05) is 0 Å². The van der Waals surface area contributed by atoms with Gasteiger partial charge in [-0.1, -0.05) is 18.2 Å². The van der Waals surface area contributed by atoms with Gasteiger partial charge in [0, 0.05) is 16.5 Å². The van der Waals surface area contributed by atoms with E-state index in [1.165, 1.54) is 0 Å². The molecular formula is C12H6BrN3. The van der Waals surface area contributed by atoms with Gasteiger partial charge in [0.25, 0.3) is 0 Å². The molecule has 0 amide bonds. The van der Waals surface area contributed by atoms with E-state index in [4.69, 9.17) is 10.5 Å². The van der Waals surface area contributed by atoms with Crippen LogP contribution in [-0.4, -0.2) is 4.98 Å². The summed E-state index contributed by atoms with van der Waals surface area (Å²) < 4.78 is 0.775. The molecule has 2 rings (SSSR count). The molecule has 1 aromatic carbocycles. The third kappa shape index (κ3) is 1.71. The van der Waals surface area contributed by atoms with E-state index < -0.39 is 0 Å². The minimum atomic E-state index is 0.0884. The molecule has 0 saturated carbocycles. The zero-order valence-electron chi connectivity index (χ0n) is 8.16. The number of halogens is 1. The molecule has 1 aromatic heterocycles. The number of fused-ring (bicyclic) bond motifs is 1. The van der Waals surface area contributed by atoms with E-state index in [1.807, 2.05) is 36.4 Å². The molecule has 16 heavy (non-hydrogen) atoms. The van der Waals surface area contributed by atoms with E-state index in [1.54, 1.807) is 6.08 Å². The van der Waals surface area contributed by atoms with Crippen molar-refractivity contribution in [2.24, 2.45) is 0 Å². The van der Waals surface area contributed by atoms with Crippen LogP contribution in [0.5, 0.6) is 0 Å². The quantitative estimate of drug-likeness (QED) is 0.809. The monoisotopic (exact) mass is 271 g/mol. The molecule has 0 saturated heterocycles. The average molecular weight is 272 g/mol. The number of nitrogens with zero attached hydrogens (tertiary/aromatic N) is 2. The molecule has 76 valence electrons. The maximum absolute atomic E-state index is 8.72. The van der Waals surface area contributed by atoms with Crippen LogP contribution in [0, 0.1) is 22.7 Å². The average Bonchev–Trinajstić information content (AvgIpc) is 2.62. The standard InChI is InChI=1S/C12H6BrN3/c13-12-10(5-8(6-14)7-15)9-3-1-2-4-11(9)16-12/h1-5,16H. The fourth-order valence-electron chi connectivity index (χ4n) is 1.51. The predicted octanol–water partition coefficient (Wildman–Crippen LogP) is 3.36. The van der Waals surface area contributed by atoms with E-state index >= 15 is 0 Å². The van der Waals surface area contributed by atoms with Gasteiger partial charge in [-0.15, -0.1) is 0 Å². The van der Waals surface area contributed by atoms with Crippen LogP contribution in [0.4, 0.5) is 0 Å². The number of benzene rings is 1. The Kier molecular flexibility index (Phi) is 2.76. The molecule has 0 spiro atoms. The molecule has 4 heteroatoms. The summed E-state index contributed by atoms with van der Waals surface area (Å²) in [5, 5.41) is 18.4. The SMILES string of the molecule is N#CC(C#N)=Cc1c(Br)[nH]c2ccccc12. The number of hydrogen-bond acceptors (Lipinski definition) is 2. The summed E-state index contributed by atoms with van der Waals surface area (Å²) in [6.45, 7) is 0. The lowest BCUT2D eigenvalue weighted by Crippen LogP contribution is -1.75. The summed E-state index contributed by atoms with van der Waals surface area (Å²) in [4.78, 5) is 3.13. The highest BCUT2D eigenvalue weighted by Crippen LogP contribution is 2.28. The molecule has 0 aliphatic heterocycles. The Bertz CT molecular complexity index is 637.